The lowest BCUT2D eigenvalue weighted by Gasteiger charge is -2.35. The second kappa shape index (κ2) is 8.06. The Labute approximate surface area is 163 Å². The van der Waals surface area contributed by atoms with E-state index in [4.69, 9.17) is 14.2 Å². The van der Waals surface area contributed by atoms with Crippen molar-refractivity contribution in [3.05, 3.63) is 72.8 Å². The van der Waals surface area contributed by atoms with Gasteiger partial charge in [0.15, 0.2) is 0 Å². The lowest BCUT2D eigenvalue weighted by Crippen LogP contribution is -1.98. The van der Waals surface area contributed by atoms with Crippen LogP contribution in [0.1, 0.15) is 0 Å². The van der Waals surface area contributed by atoms with Crippen molar-refractivity contribution in [2.75, 3.05) is 21.3 Å². The molecule has 0 N–H and O–H groups in total. The number of rotatable bonds is 6. The summed E-state index contributed by atoms with van der Waals surface area (Å²) in [5.74, 6) is 2.47. The first kappa shape index (κ1) is 18.7. The van der Waals surface area contributed by atoms with Crippen LogP contribution in [0.2, 0.25) is 0 Å². The monoisotopic (exact) mass is 432 g/mol. The van der Waals surface area contributed by atoms with E-state index in [2.05, 4.69) is 51.2 Å². The van der Waals surface area contributed by atoms with Gasteiger partial charge in [0.1, 0.15) is 17.2 Å². The fourth-order valence-corrected chi connectivity index (χ4v) is 7.00. The molecule has 0 aromatic heterocycles. The average Bonchev–Trinajstić information content (AvgIpc) is 2.73. The van der Waals surface area contributed by atoms with Crippen molar-refractivity contribution in [2.24, 2.45) is 0 Å². The van der Waals surface area contributed by atoms with E-state index in [0.29, 0.717) is 0 Å². The largest absolute Gasteiger partial charge is 0.497 e. The highest BCUT2D eigenvalue weighted by Crippen LogP contribution is 2.74. The number of ether oxygens (including phenoxy) is 3. The molecule has 0 aliphatic rings. The predicted octanol–water partition coefficient (Wildman–Crippen LogP) is 6.30. The van der Waals surface area contributed by atoms with Gasteiger partial charge >= 0.3 is 0 Å². The van der Waals surface area contributed by atoms with Gasteiger partial charge in [0.25, 0.3) is 0 Å². The van der Waals surface area contributed by atoms with E-state index in [-0.39, 0.29) is 0 Å². The minimum absolute atomic E-state index is 0.824. The zero-order valence-electron chi connectivity index (χ0n) is 14.9. The molecule has 3 rings (SSSR count). The third-order valence-corrected chi connectivity index (χ3v) is 10.2. The second-order valence-electron chi connectivity index (χ2n) is 5.57. The van der Waals surface area contributed by atoms with Gasteiger partial charge in [-0.05, 0) is 69.4 Å². The molecule has 0 aliphatic heterocycles. The number of benzene rings is 3. The normalized spacial score (nSPS) is 11.7. The van der Waals surface area contributed by atoms with Crippen molar-refractivity contribution >= 4 is 23.3 Å². The minimum Gasteiger partial charge on any atom is -0.497 e. The summed E-state index contributed by atoms with van der Waals surface area (Å²) in [4.78, 5) is 3.41. The molecular formula is C21H21BrO3S. The summed E-state index contributed by atoms with van der Waals surface area (Å²) in [5, 5.41) is 0. The lowest BCUT2D eigenvalue weighted by atomic mass is 10.3. The molecule has 5 heteroatoms. The van der Waals surface area contributed by atoms with Crippen LogP contribution in [0.5, 0.6) is 17.2 Å². The highest BCUT2D eigenvalue weighted by molar-refractivity contribution is 9.58. The molecule has 0 unspecified atom stereocenters. The van der Waals surface area contributed by atoms with Gasteiger partial charge in [-0.15, -0.1) is 8.46 Å². The van der Waals surface area contributed by atoms with E-state index >= 15 is 0 Å². The van der Waals surface area contributed by atoms with E-state index in [1.807, 2.05) is 36.4 Å². The maximum atomic E-state index is 5.45. The molecule has 26 heavy (non-hydrogen) atoms. The van der Waals surface area contributed by atoms with Crippen molar-refractivity contribution < 1.29 is 14.2 Å². The third kappa shape index (κ3) is 3.55. The van der Waals surface area contributed by atoms with Crippen LogP contribution in [-0.2, 0) is 0 Å². The third-order valence-electron chi connectivity index (χ3n) is 4.10. The molecule has 0 radical (unpaired) electrons. The molecule has 136 valence electrons. The molecule has 0 atom stereocenters. The fraction of sp³-hybridized carbons (Fsp3) is 0.143. The summed E-state index contributed by atoms with van der Waals surface area (Å²) < 4.78 is 16.4. The Morgan fingerprint density at radius 2 is 0.885 bits per heavy atom. The predicted molar refractivity (Wildman–Crippen MR) is 110 cm³/mol. The fourth-order valence-electron chi connectivity index (χ4n) is 2.74. The first-order chi connectivity index (χ1) is 12.6. The Balaban J connectivity index is 2.26. The molecule has 0 heterocycles. The molecule has 0 spiro atoms. The molecule has 0 bridgehead atoms. The van der Waals surface area contributed by atoms with Gasteiger partial charge < -0.3 is 14.2 Å². The molecule has 3 aromatic carbocycles. The Bertz CT molecular complexity index is 782. The van der Waals surface area contributed by atoms with Crippen LogP contribution in [0.3, 0.4) is 0 Å². The van der Waals surface area contributed by atoms with Crippen molar-refractivity contribution in [1.29, 1.82) is 0 Å². The number of hydrogen-bond acceptors (Lipinski definition) is 3. The van der Waals surface area contributed by atoms with Crippen LogP contribution in [0.15, 0.2) is 87.5 Å². The zero-order chi connectivity index (χ0) is 18.6. The van der Waals surface area contributed by atoms with Crippen LogP contribution in [-0.4, -0.2) is 21.3 Å². The van der Waals surface area contributed by atoms with Crippen molar-refractivity contribution in [2.45, 2.75) is 14.7 Å². The van der Waals surface area contributed by atoms with E-state index in [1.165, 1.54) is 0 Å². The first-order valence-electron chi connectivity index (χ1n) is 8.07. The number of hydrogen-bond donors (Lipinski definition) is 0. The summed E-state index contributed by atoms with van der Waals surface area (Å²) in [5.41, 5.74) is 0. The molecule has 3 nitrogen and oxygen atoms in total. The number of methoxy groups -OCH3 is 3. The van der Waals surface area contributed by atoms with Crippen LogP contribution in [0.4, 0.5) is 0 Å². The molecule has 0 fully saturated rings. The Morgan fingerprint density at radius 3 is 1.15 bits per heavy atom. The van der Waals surface area contributed by atoms with Gasteiger partial charge in [0.2, 0.25) is 0 Å². The van der Waals surface area contributed by atoms with Crippen LogP contribution in [0, 0.1) is 0 Å². The average molecular weight is 433 g/mol. The van der Waals surface area contributed by atoms with Gasteiger partial charge in [0, 0.05) is 14.7 Å². The molecule has 0 aliphatic carbocycles. The molecule has 0 amide bonds. The summed E-state index contributed by atoms with van der Waals surface area (Å²) in [6.07, 6.45) is 0. The Kier molecular flexibility index (Phi) is 5.79. The molecular weight excluding hydrogens is 412 g/mol. The van der Waals surface area contributed by atoms with E-state index in [1.54, 1.807) is 21.3 Å². The standard InChI is InChI=1S/C21H21BrO3S/c1-23-16-7-4-10-19(13-16)26(22,20-11-5-8-17(14-20)24-2)21-12-6-9-18(15-21)25-3/h4-15H,1-3H3. The molecule has 0 saturated heterocycles. The van der Waals surface area contributed by atoms with Gasteiger partial charge in [-0.1, -0.05) is 18.2 Å². The summed E-state index contributed by atoms with van der Waals surface area (Å²) in [7, 11) is 3.35. The highest BCUT2D eigenvalue weighted by atomic mass is 79.9. The van der Waals surface area contributed by atoms with Gasteiger partial charge in [0.05, 0.1) is 21.3 Å². The highest BCUT2D eigenvalue weighted by Gasteiger charge is 2.29. The van der Waals surface area contributed by atoms with Crippen molar-refractivity contribution in [3.63, 3.8) is 0 Å². The topological polar surface area (TPSA) is 27.7 Å². The minimum atomic E-state index is -1.70. The van der Waals surface area contributed by atoms with Crippen LogP contribution < -0.4 is 14.2 Å². The summed E-state index contributed by atoms with van der Waals surface area (Å²) >= 11 is 4.12. The SMILES string of the molecule is COc1cccc(S(Br)(c2cccc(OC)c2)c2cccc(OC)c2)c1. The maximum Gasteiger partial charge on any atom is 0.119 e. The van der Waals surface area contributed by atoms with Gasteiger partial charge in [-0.25, -0.2) is 0 Å². The molecule has 3 aromatic rings. The van der Waals surface area contributed by atoms with Crippen molar-refractivity contribution in [3.8, 4) is 17.2 Å². The Morgan fingerprint density at radius 1 is 0.577 bits per heavy atom. The first-order valence-corrected chi connectivity index (χ1v) is 11.5. The van der Waals surface area contributed by atoms with Crippen LogP contribution >= 0.6 is 23.3 Å². The number of halogens is 1. The summed E-state index contributed by atoms with van der Waals surface area (Å²) in [6, 6.07) is 24.5. The van der Waals surface area contributed by atoms with Gasteiger partial charge in [-0.3, -0.25) is 0 Å². The van der Waals surface area contributed by atoms with Crippen LogP contribution in [0.25, 0.3) is 0 Å². The van der Waals surface area contributed by atoms with E-state index in [9.17, 15) is 0 Å². The maximum absolute atomic E-state index is 5.45. The summed E-state index contributed by atoms with van der Waals surface area (Å²) in [6.45, 7) is 0. The van der Waals surface area contributed by atoms with Gasteiger partial charge in [-0.2, -0.15) is 0 Å². The van der Waals surface area contributed by atoms with E-state index < -0.39 is 8.46 Å². The quantitative estimate of drug-likeness (QED) is 0.456. The Hall–Kier alpha value is -2.11. The zero-order valence-corrected chi connectivity index (χ0v) is 17.3. The smallest absolute Gasteiger partial charge is 0.119 e. The second-order valence-corrected chi connectivity index (χ2v) is 11.0. The molecule has 0 saturated carbocycles. The van der Waals surface area contributed by atoms with E-state index in [0.717, 1.165) is 31.9 Å². The lowest BCUT2D eigenvalue weighted by molar-refractivity contribution is 0.413. The van der Waals surface area contributed by atoms with Crippen molar-refractivity contribution in [1.82, 2.24) is 0 Å².